The molecule has 0 aliphatic carbocycles. The molecular weight excluding hydrogens is 304 g/mol. The maximum absolute atomic E-state index is 11.8. The molecule has 1 aromatic carbocycles. The molecule has 0 saturated carbocycles. The van der Waals surface area contributed by atoms with Crippen LogP contribution in [0.5, 0.6) is 0 Å². The smallest absolute Gasteiger partial charge is 0.336 e. The number of hydrogen-bond acceptors (Lipinski definition) is 4. The van der Waals surface area contributed by atoms with Crippen LogP contribution in [-0.2, 0) is 16.1 Å². The Balaban J connectivity index is 2.36. The fraction of sp³-hybridized carbons (Fsp3) is 0.300. The third-order valence-corrected chi connectivity index (χ3v) is 3.74. The maximum atomic E-state index is 11.8. The molecule has 0 fully saturated rings. The SMILES string of the molecule is CC=CC=CC(=O)OCc1cc(=O)oc2cc(C)c(C(C)C)cc12. The summed E-state index contributed by atoms with van der Waals surface area (Å²) in [6, 6.07) is 5.26. The van der Waals surface area contributed by atoms with E-state index in [1.54, 1.807) is 12.2 Å². The van der Waals surface area contributed by atoms with Crippen LogP contribution in [0.2, 0.25) is 0 Å². The summed E-state index contributed by atoms with van der Waals surface area (Å²) >= 11 is 0. The molecule has 0 amide bonds. The van der Waals surface area contributed by atoms with E-state index in [1.165, 1.54) is 17.7 Å². The predicted octanol–water partition coefficient (Wildman–Crippen LogP) is 4.40. The summed E-state index contributed by atoms with van der Waals surface area (Å²) in [5.74, 6) is -0.105. The maximum Gasteiger partial charge on any atom is 0.336 e. The molecule has 0 aliphatic rings. The van der Waals surface area contributed by atoms with Gasteiger partial charge < -0.3 is 9.15 Å². The fourth-order valence-corrected chi connectivity index (χ4v) is 2.58. The highest BCUT2D eigenvalue weighted by molar-refractivity contribution is 5.84. The normalized spacial score (nSPS) is 11.9. The zero-order chi connectivity index (χ0) is 17.7. The lowest BCUT2D eigenvalue weighted by molar-refractivity contribution is -0.138. The Kier molecular flexibility index (Phi) is 5.74. The van der Waals surface area contributed by atoms with E-state index < -0.39 is 11.6 Å². The van der Waals surface area contributed by atoms with Crippen molar-refractivity contribution < 1.29 is 13.9 Å². The van der Waals surface area contributed by atoms with Crippen molar-refractivity contribution in [1.82, 2.24) is 0 Å². The first-order chi connectivity index (χ1) is 11.4. The van der Waals surface area contributed by atoms with E-state index in [-0.39, 0.29) is 6.61 Å². The molecule has 0 unspecified atom stereocenters. The topological polar surface area (TPSA) is 56.5 Å². The second kappa shape index (κ2) is 7.77. The first-order valence-corrected chi connectivity index (χ1v) is 7.95. The zero-order valence-electron chi connectivity index (χ0n) is 14.5. The molecule has 2 rings (SSSR count). The third kappa shape index (κ3) is 4.22. The minimum absolute atomic E-state index is 0.0295. The Labute approximate surface area is 141 Å². The van der Waals surface area contributed by atoms with Crippen molar-refractivity contribution in [3.05, 3.63) is 69.6 Å². The molecule has 1 aromatic heterocycles. The number of carbonyl (C=O) groups is 1. The molecule has 4 nitrogen and oxygen atoms in total. The molecule has 1 heterocycles. The van der Waals surface area contributed by atoms with Gasteiger partial charge in [-0.25, -0.2) is 9.59 Å². The number of ether oxygens (including phenoxy) is 1. The second-order valence-electron chi connectivity index (χ2n) is 5.94. The van der Waals surface area contributed by atoms with Crippen LogP contribution in [-0.4, -0.2) is 5.97 Å². The molecule has 4 heteroatoms. The molecule has 24 heavy (non-hydrogen) atoms. The average Bonchev–Trinajstić information content (AvgIpc) is 2.51. The number of hydrogen-bond donors (Lipinski definition) is 0. The Morgan fingerprint density at radius 3 is 2.67 bits per heavy atom. The van der Waals surface area contributed by atoms with Crippen molar-refractivity contribution in [2.45, 2.75) is 40.2 Å². The van der Waals surface area contributed by atoms with Crippen molar-refractivity contribution >= 4 is 16.9 Å². The number of fused-ring (bicyclic) bond motifs is 1. The van der Waals surface area contributed by atoms with Gasteiger partial charge in [-0.2, -0.15) is 0 Å². The fourth-order valence-electron chi connectivity index (χ4n) is 2.58. The van der Waals surface area contributed by atoms with Crippen LogP contribution in [0.25, 0.3) is 11.0 Å². The van der Waals surface area contributed by atoms with E-state index in [1.807, 2.05) is 32.1 Å². The number of carbonyl (C=O) groups excluding carboxylic acids is 1. The van der Waals surface area contributed by atoms with Crippen molar-refractivity contribution in [1.29, 1.82) is 0 Å². The van der Waals surface area contributed by atoms with Gasteiger partial charge in [0.25, 0.3) is 0 Å². The van der Waals surface area contributed by atoms with Crippen LogP contribution in [0.3, 0.4) is 0 Å². The summed E-state index contributed by atoms with van der Waals surface area (Å²) in [5, 5.41) is 0.800. The summed E-state index contributed by atoms with van der Waals surface area (Å²) in [6.07, 6.45) is 6.51. The molecule has 2 aromatic rings. The summed E-state index contributed by atoms with van der Waals surface area (Å²) in [6.45, 7) is 8.10. The molecule has 0 saturated heterocycles. The van der Waals surface area contributed by atoms with Gasteiger partial charge in [0.2, 0.25) is 0 Å². The highest BCUT2D eigenvalue weighted by atomic mass is 16.5. The van der Waals surface area contributed by atoms with Gasteiger partial charge in [-0.3, -0.25) is 0 Å². The van der Waals surface area contributed by atoms with E-state index in [2.05, 4.69) is 13.8 Å². The van der Waals surface area contributed by atoms with Crippen LogP contribution in [0, 0.1) is 6.92 Å². The Morgan fingerprint density at radius 1 is 1.25 bits per heavy atom. The minimum atomic E-state index is -0.453. The highest BCUT2D eigenvalue weighted by Gasteiger charge is 2.12. The van der Waals surface area contributed by atoms with Gasteiger partial charge >= 0.3 is 11.6 Å². The minimum Gasteiger partial charge on any atom is -0.458 e. The average molecular weight is 326 g/mol. The molecule has 0 radical (unpaired) electrons. The summed E-state index contributed by atoms with van der Waals surface area (Å²) in [4.78, 5) is 23.5. The standard InChI is InChI=1S/C20H22O4/c1-5-6-7-8-19(21)23-12-15-10-20(22)24-18-9-14(4)16(13(2)3)11-17(15)18/h5-11,13H,12H2,1-4H3. The number of benzene rings is 1. The largest absolute Gasteiger partial charge is 0.458 e. The van der Waals surface area contributed by atoms with E-state index in [0.717, 1.165) is 10.9 Å². The third-order valence-electron chi connectivity index (χ3n) is 3.74. The lowest BCUT2D eigenvalue weighted by atomic mass is 9.95. The number of aryl methyl sites for hydroxylation is 1. The Morgan fingerprint density at radius 2 is 2.00 bits per heavy atom. The molecular formula is C20H22O4. The monoisotopic (exact) mass is 326 g/mol. The Hall–Kier alpha value is -2.62. The molecule has 0 spiro atoms. The van der Waals surface area contributed by atoms with E-state index >= 15 is 0 Å². The van der Waals surface area contributed by atoms with Gasteiger partial charge in [-0.15, -0.1) is 0 Å². The molecule has 0 bridgehead atoms. The molecule has 0 atom stereocenters. The zero-order valence-corrected chi connectivity index (χ0v) is 14.5. The van der Waals surface area contributed by atoms with Crippen molar-refractivity contribution in [2.75, 3.05) is 0 Å². The van der Waals surface area contributed by atoms with Gasteiger partial charge in [0.05, 0.1) is 0 Å². The predicted molar refractivity (Wildman–Crippen MR) is 95.1 cm³/mol. The van der Waals surface area contributed by atoms with Crippen molar-refractivity contribution in [2.24, 2.45) is 0 Å². The van der Waals surface area contributed by atoms with Gasteiger partial charge in [-0.1, -0.05) is 32.1 Å². The summed E-state index contributed by atoms with van der Waals surface area (Å²) in [7, 11) is 0. The van der Waals surface area contributed by atoms with Gasteiger partial charge in [-0.05, 0) is 43.0 Å². The number of esters is 1. The van der Waals surface area contributed by atoms with Gasteiger partial charge in [0.15, 0.2) is 0 Å². The summed E-state index contributed by atoms with van der Waals surface area (Å²) in [5.41, 5.74) is 2.96. The van der Waals surface area contributed by atoms with E-state index in [9.17, 15) is 9.59 Å². The summed E-state index contributed by atoms with van der Waals surface area (Å²) < 4.78 is 10.5. The Bertz CT molecular complexity index is 854. The van der Waals surface area contributed by atoms with Crippen molar-refractivity contribution in [3.8, 4) is 0 Å². The lowest BCUT2D eigenvalue weighted by Crippen LogP contribution is -2.06. The highest BCUT2D eigenvalue weighted by Crippen LogP contribution is 2.27. The first kappa shape index (κ1) is 17.7. The van der Waals surface area contributed by atoms with E-state index in [4.69, 9.17) is 9.15 Å². The van der Waals surface area contributed by atoms with Gasteiger partial charge in [0.1, 0.15) is 12.2 Å². The van der Waals surface area contributed by atoms with Crippen LogP contribution < -0.4 is 5.63 Å². The molecule has 0 N–H and O–H groups in total. The second-order valence-corrected chi connectivity index (χ2v) is 5.94. The molecule has 0 aliphatic heterocycles. The van der Waals surface area contributed by atoms with Crippen LogP contribution >= 0.6 is 0 Å². The van der Waals surface area contributed by atoms with E-state index in [0.29, 0.717) is 17.1 Å². The van der Waals surface area contributed by atoms with Crippen LogP contribution in [0.15, 0.2) is 51.7 Å². The first-order valence-electron chi connectivity index (χ1n) is 7.95. The van der Waals surface area contributed by atoms with Crippen LogP contribution in [0.1, 0.15) is 43.4 Å². The number of rotatable bonds is 5. The van der Waals surface area contributed by atoms with Gasteiger partial charge in [0, 0.05) is 23.1 Å². The lowest BCUT2D eigenvalue weighted by Gasteiger charge is -2.13. The van der Waals surface area contributed by atoms with Crippen molar-refractivity contribution in [3.63, 3.8) is 0 Å². The van der Waals surface area contributed by atoms with Crippen LogP contribution in [0.4, 0.5) is 0 Å². The molecule has 126 valence electrons. The number of allylic oxidation sites excluding steroid dienone is 3. The quantitative estimate of drug-likeness (QED) is 0.354.